The number of nitriles is 1. The Labute approximate surface area is 83.8 Å². The summed E-state index contributed by atoms with van der Waals surface area (Å²) in [7, 11) is 0. The summed E-state index contributed by atoms with van der Waals surface area (Å²) >= 11 is 0. The summed E-state index contributed by atoms with van der Waals surface area (Å²) in [5, 5.41) is 17.3. The van der Waals surface area contributed by atoms with Gasteiger partial charge < -0.3 is 5.11 Å². The molecule has 1 rings (SSSR count). The van der Waals surface area contributed by atoms with Crippen LogP contribution in [0.4, 0.5) is 13.2 Å². The molecule has 0 aliphatic carbocycles. The van der Waals surface area contributed by atoms with Crippen LogP contribution in [0.1, 0.15) is 17.2 Å². The average molecular weight is 216 g/mol. The number of aliphatic hydroxyl groups excluding tert-OH is 1. The highest BCUT2D eigenvalue weighted by Gasteiger charge is 2.35. The first-order chi connectivity index (χ1) is 7.00. The van der Waals surface area contributed by atoms with Crippen molar-refractivity contribution in [3.8, 4) is 6.07 Å². The van der Waals surface area contributed by atoms with E-state index in [0.29, 0.717) is 0 Å². The molecule has 1 N–H and O–H groups in total. The highest BCUT2D eigenvalue weighted by atomic mass is 19.4. The summed E-state index contributed by atoms with van der Waals surface area (Å²) in [5.74, 6) is -1.25. The lowest BCUT2D eigenvalue weighted by Crippen LogP contribution is -2.14. The molecule has 0 saturated heterocycles. The SMILES string of the molecule is N#CC(CO)c1ncccc1C(F)(F)F. The molecular formula is C9H7F3N2O. The highest BCUT2D eigenvalue weighted by molar-refractivity contribution is 5.29. The summed E-state index contributed by atoms with van der Waals surface area (Å²) in [6, 6.07) is 3.54. The van der Waals surface area contributed by atoms with Gasteiger partial charge >= 0.3 is 6.18 Å². The van der Waals surface area contributed by atoms with Gasteiger partial charge in [0.05, 0.1) is 23.9 Å². The first-order valence-electron chi connectivity index (χ1n) is 4.03. The van der Waals surface area contributed by atoms with Gasteiger partial charge in [-0.2, -0.15) is 18.4 Å². The fourth-order valence-electron chi connectivity index (χ4n) is 1.12. The Morgan fingerprint density at radius 1 is 1.53 bits per heavy atom. The minimum atomic E-state index is -4.56. The van der Waals surface area contributed by atoms with Crippen LogP contribution in [0.5, 0.6) is 0 Å². The van der Waals surface area contributed by atoms with Crippen molar-refractivity contribution in [1.29, 1.82) is 5.26 Å². The van der Waals surface area contributed by atoms with Crippen LogP contribution in [0.2, 0.25) is 0 Å². The molecule has 1 atom stereocenters. The minimum absolute atomic E-state index is 0.435. The van der Waals surface area contributed by atoms with Crippen LogP contribution < -0.4 is 0 Å². The molecule has 0 aliphatic rings. The van der Waals surface area contributed by atoms with Gasteiger partial charge in [-0.3, -0.25) is 4.98 Å². The van der Waals surface area contributed by atoms with Crippen LogP contribution in [0.25, 0.3) is 0 Å². The van der Waals surface area contributed by atoms with Crippen LogP contribution in [0, 0.1) is 11.3 Å². The van der Waals surface area contributed by atoms with Gasteiger partial charge in [0.1, 0.15) is 5.92 Å². The number of pyridine rings is 1. The molecule has 0 amide bonds. The maximum Gasteiger partial charge on any atom is 0.418 e. The van der Waals surface area contributed by atoms with Gasteiger partial charge in [0, 0.05) is 6.20 Å². The molecule has 6 heteroatoms. The van der Waals surface area contributed by atoms with E-state index in [1.165, 1.54) is 0 Å². The largest absolute Gasteiger partial charge is 0.418 e. The summed E-state index contributed by atoms with van der Waals surface area (Å²) in [4.78, 5) is 3.48. The Kier molecular flexibility index (Phi) is 3.27. The van der Waals surface area contributed by atoms with Gasteiger partial charge in [0.15, 0.2) is 0 Å². The minimum Gasteiger partial charge on any atom is -0.395 e. The summed E-state index contributed by atoms with van der Waals surface area (Å²) in [5.41, 5.74) is -1.42. The van der Waals surface area contributed by atoms with E-state index in [9.17, 15) is 13.2 Å². The molecule has 80 valence electrons. The number of rotatable bonds is 2. The lowest BCUT2D eigenvalue weighted by Gasteiger charge is -2.13. The molecule has 1 unspecified atom stereocenters. The quantitative estimate of drug-likeness (QED) is 0.818. The van der Waals surface area contributed by atoms with Crippen molar-refractivity contribution < 1.29 is 18.3 Å². The number of hydrogen-bond donors (Lipinski definition) is 1. The van der Waals surface area contributed by atoms with Crippen molar-refractivity contribution in [3.05, 3.63) is 29.6 Å². The predicted molar refractivity (Wildman–Crippen MR) is 44.7 cm³/mol. The molecule has 1 heterocycles. The number of aromatic nitrogens is 1. The van der Waals surface area contributed by atoms with Crippen molar-refractivity contribution in [2.24, 2.45) is 0 Å². The van der Waals surface area contributed by atoms with Crippen molar-refractivity contribution in [3.63, 3.8) is 0 Å². The molecule has 1 aromatic heterocycles. The molecule has 0 spiro atoms. The van der Waals surface area contributed by atoms with E-state index in [0.717, 1.165) is 18.3 Å². The van der Waals surface area contributed by atoms with Gasteiger partial charge in [-0.15, -0.1) is 0 Å². The van der Waals surface area contributed by atoms with Crippen LogP contribution in [-0.4, -0.2) is 16.7 Å². The molecule has 1 aromatic rings. The first kappa shape index (κ1) is 11.5. The fraction of sp³-hybridized carbons (Fsp3) is 0.333. The summed E-state index contributed by atoms with van der Waals surface area (Å²) in [6.07, 6.45) is -3.40. The Morgan fingerprint density at radius 2 is 2.20 bits per heavy atom. The second-order valence-corrected chi connectivity index (χ2v) is 2.80. The number of nitrogens with zero attached hydrogens (tertiary/aromatic N) is 2. The molecule has 3 nitrogen and oxygen atoms in total. The van der Waals surface area contributed by atoms with Crippen molar-refractivity contribution in [2.45, 2.75) is 12.1 Å². The highest BCUT2D eigenvalue weighted by Crippen LogP contribution is 2.33. The lowest BCUT2D eigenvalue weighted by atomic mass is 10.0. The zero-order valence-corrected chi connectivity index (χ0v) is 7.49. The van der Waals surface area contributed by atoms with E-state index >= 15 is 0 Å². The Bertz CT molecular complexity index is 384. The topological polar surface area (TPSA) is 56.9 Å². The fourth-order valence-corrected chi connectivity index (χ4v) is 1.12. The van der Waals surface area contributed by atoms with Gasteiger partial charge in [-0.1, -0.05) is 0 Å². The molecule has 0 fully saturated rings. The molecule has 0 aromatic carbocycles. The van der Waals surface area contributed by atoms with E-state index in [1.54, 1.807) is 6.07 Å². The third-order valence-corrected chi connectivity index (χ3v) is 1.81. The zero-order chi connectivity index (χ0) is 11.5. The van der Waals surface area contributed by atoms with Gasteiger partial charge in [-0.25, -0.2) is 0 Å². The van der Waals surface area contributed by atoms with Gasteiger partial charge in [0.25, 0.3) is 0 Å². The van der Waals surface area contributed by atoms with E-state index in [1.807, 2.05) is 0 Å². The summed E-state index contributed by atoms with van der Waals surface area (Å²) in [6.45, 7) is -0.684. The van der Waals surface area contributed by atoms with Gasteiger partial charge in [-0.05, 0) is 12.1 Å². The predicted octanol–water partition coefficient (Wildman–Crippen LogP) is 1.70. The monoisotopic (exact) mass is 216 g/mol. The van der Waals surface area contributed by atoms with Crippen LogP contribution >= 0.6 is 0 Å². The lowest BCUT2D eigenvalue weighted by molar-refractivity contribution is -0.138. The van der Waals surface area contributed by atoms with E-state index in [2.05, 4.69) is 4.98 Å². The summed E-state index contributed by atoms with van der Waals surface area (Å²) < 4.78 is 37.4. The van der Waals surface area contributed by atoms with E-state index in [4.69, 9.17) is 10.4 Å². The second-order valence-electron chi connectivity index (χ2n) is 2.80. The Hall–Kier alpha value is -1.61. The zero-order valence-electron chi connectivity index (χ0n) is 7.49. The van der Waals surface area contributed by atoms with Crippen molar-refractivity contribution >= 4 is 0 Å². The van der Waals surface area contributed by atoms with Crippen LogP contribution in [0.15, 0.2) is 18.3 Å². The van der Waals surface area contributed by atoms with Crippen molar-refractivity contribution in [2.75, 3.05) is 6.61 Å². The third kappa shape index (κ3) is 2.44. The van der Waals surface area contributed by atoms with E-state index in [-0.39, 0.29) is 0 Å². The smallest absolute Gasteiger partial charge is 0.395 e. The Morgan fingerprint density at radius 3 is 2.67 bits per heavy atom. The maximum absolute atomic E-state index is 12.5. The van der Waals surface area contributed by atoms with E-state index < -0.39 is 30.0 Å². The number of alkyl halides is 3. The second kappa shape index (κ2) is 4.28. The Balaban J connectivity index is 3.24. The number of halogens is 3. The molecule has 0 bridgehead atoms. The molecule has 15 heavy (non-hydrogen) atoms. The average Bonchev–Trinajstić information content (AvgIpc) is 2.19. The normalized spacial score (nSPS) is 13.3. The number of aliphatic hydroxyl groups is 1. The molecular weight excluding hydrogens is 209 g/mol. The molecule has 0 aliphatic heterocycles. The third-order valence-electron chi connectivity index (χ3n) is 1.81. The van der Waals surface area contributed by atoms with Gasteiger partial charge in [0.2, 0.25) is 0 Å². The first-order valence-corrected chi connectivity index (χ1v) is 4.03. The standard InChI is InChI=1S/C9H7F3N2O/c10-9(11,12)7-2-1-3-14-8(7)6(4-13)5-15/h1-3,6,15H,5H2. The number of hydrogen-bond acceptors (Lipinski definition) is 3. The van der Waals surface area contributed by atoms with Crippen molar-refractivity contribution in [1.82, 2.24) is 4.98 Å². The molecule has 0 radical (unpaired) electrons. The van der Waals surface area contributed by atoms with Crippen LogP contribution in [0.3, 0.4) is 0 Å². The molecule has 0 saturated carbocycles. The maximum atomic E-state index is 12.5. The van der Waals surface area contributed by atoms with Crippen LogP contribution in [-0.2, 0) is 6.18 Å².